The van der Waals surface area contributed by atoms with Crippen molar-refractivity contribution in [1.29, 1.82) is 0 Å². The van der Waals surface area contributed by atoms with Crippen LogP contribution in [-0.2, 0) is 0 Å². The fourth-order valence-electron chi connectivity index (χ4n) is 2.06. The summed E-state index contributed by atoms with van der Waals surface area (Å²) in [6.45, 7) is 2.35. The minimum atomic E-state index is -0.276. The first-order valence-corrected chi connectivity index (χ1v) is 6.61. The van der Waals surface area contributed by atoms with Crippen molar-refractivity contribution in [3.63, 3.8) is 0 Å². The van der Waals surface area contributed by atoms with E-state index < -0.39 is 0 Å². The molecule has 0 saturated heterocycles. The van der Waals surface area contributed by atoms with Gasteiger partial charge >= 0.3 is 0 Å². The number of phenolic OH excluding ortho intramolecular Hbond substituents is 1. The van der Waals surface area contributed by atoms with Crippen LogP contribution in [0.3, 0.4) is 0 Å². The topological polar surface area (TPSA) is 75.8 Å². The number of carbonyl (C=O) groups is 1. The van der Waals surface area contributed by atoms with E-state index in [2.05, 4.69) is 0 Å². The van der Waals surface area contributed by atoms with Gasteiger partial charge in [0.1, 0.15) is 11.5 Å². The van der Waals surface area contributed by atoms with Crippen molar-refractivity contribution in [2.45, 2.75) is 6.92 Å². The minimum Gasteiger partial charge on any atom is -0.507 e. The molecule has 0 aliphatic rings. The average Bonchev–Trinajstić information content (AvgIpc) is 2.49. The first-order chi connectivity index (χ1) is 10.1. The predicted molar refractivity (Wildman–Crippen MR) is 82.9 cm³/mol. The Balaban J connectivity index is 2.34. The summed E-state index contributed by atoms with van der Waals surface area (Å²) in [5.41, 5.74) is 7.25. The lowest BCUT2D eigenvalue weighted by atomic mass is 10.1. The van der Waals surface area contributed by atoms with Crippen LogP contribution in [0.2, 0.25) is 0 Å². The molecule has 2 rings (SSSR count). The molecule has 0 fully saturated rings. The van der Waals surface area contributed by atoms with Crippen LogP contribution >= 0.6 is 0 Å². The van der Waals surface area contributed by atoms with Crippen LogP contribution in [0.5, 0.6) is 11.5 Å². The molecule has 0 aliphatic heterocycles. The first-order valence-electron chi connectivity index (χ1n) is 6.61. The van der Waals surface area contributed by atoms with E-state index >= 15 is 0 Å². The van der Waals surface area contributed by atoms with Gasteiger partial charge < -0.3 is 20.5 Å². The summed E-state index contributed by atoms with van der Waals surface area (Å²) in [5.74, 6) is 0.121. The van der Waals surface area contributed by atoms with Crippen LogP contribution in [-0.4, -0.2) is 24.7 Å². The third kappa shape index (κ3) is 3.08. The smallest absolute Gasteiger partial charge is 0.262 e. The Hall–Kier alpha value is -2.69. The monoisotopic (exact) mass is 286 g/mol. The van der Waals surface area contributed by atoms with Gasteiger partial charge in [-0.3, -0.25) is 4.79 Å². The quantitative estimate of drug-likeness (QED) is 0.847. The molecule has 0 radical (unpaired) electrons. The molecule has 0 spiro atoms. The van der Waals surface area contributed by atoms with Gasteiger partial charge in [-0.2, -0.15) is 0 Å². The van der Waals surface area contributed by atoms with E-state index in [1.807, 2.05) is 6.92 Å². The van der Waals surface area contributed by atoms with Gasteiger partial charge in [-0.15, -0.1) is 0 Å². The molecule has 1 amide bonds. The van der Waals surface area contributed by atoms with Crippen molar-refractivity contribution in [1.82, 2.24) is 0 Å². The highest BCUT2D eigenvalue weighted by atomic mass is 16.5. The molecule has 0 aliphatic carbocycles. The molecule has 2 aromatic carbocycles. The number of rotatable bonds is 4. The Bertz CT molecular complexity index is 638. The molecule has 5 nitrogen and oxygen atoms in total. The highest BCUT2D eigenvalue weighted by molar-refractivity contribution is 6.07. The fourth-order valence-corrected chi connectivity index (χ4v) is 2.06. The number of methoxy groups -OCH3 is 1. The number of nitrogen functional groups attached to an aromatic ring is 1. The molecule has 0 saturated carbocycles. The Morgan fingerprint density at radius 2 is 1.90 bits per heavy atom. The maximum atomic E-state index is 12.6. The van der Waals surface area contributed by atoms with E-state index in [-0.39, 0.29) is 17.2 Å². The summed E-state index contributed by atoms with van der Waals surface area (Å²) in [6.07, 6.45) is 0. The Morgan fingerprint density at radius 1 is 1.24 bits per heavy atom. The maximum Gasteiger partial charge on any atom is 0.262 e. The standard InChI is InChI=1S/C16H18N2O3/c1-3-18(12-6-4-11(17)5-7-12)16(20)14-9-8-13(21-2)10-15(14)19/h4-10,19H,3,17H2,1-2H3. The number of hydrogen-bond donors (Lipinski definition) is 2. The van der Waals surface area contributed by atoms with E-state index in [1.165, 1.54) is 13.2 Å². The van der Waals surface area contributed by atoms with E-state index in [0.717, 1.165) is 5.69 Å². The summed E-state index contributed by atoms with van der Waals surface area (Å²) in [7, 11) is 1.50. The Labute approximate surface area is 123 Å². The van der Waals surface area contributed by atoms with Gasteiger partial charge in [-0.25, -0.2) is 0 Å². The van der Waals surface area contributed by atoms with E-state index in [9.17, 15) is 9.90 Å². The zero-order valence-corrected chi connectivity index (χ0v) is 12.0. The zero-order chi connectivity index (χ0) is 15.4. The molecule has 0 unspecified atom stereocenters. The molecular weight excluding hydrogens is 268 g/mol. The Morgan fingerprint density at radius 3 is 2.43 bits per heavy atom. The summed E-state index contributed by atoms with van der Waals surface area (Å²) >= 11 is 0. The number of ether oxygens (including phenoxy) is 1. The largest absolute Gasteiger partial charge is 0.507 e. The summed E-state index contributed by atoms with van der Waals surface area (Å²) in [4.78, 5) is 14.1. The van der Waals surface area contributed by atoms with Crippen molar-refractivity contribution in [3.8, 4) is 11.5 Å². The van der Waals surface area contributed by atoms with Gasteiger partial charge in [-0.05, 0) is 43.3 Å². The van der Waals surface area contributed by atoms with Gasteiger partial charge in [0.05, 0.1) is 12.7 Å². The van der Waals surface area contributed by atoms with Crippen molar-refractivity contribution in [2.75, 3.05) is 24.3 Å². The lowest BCUT2D eigenvalue weighted by Crippen LogP contribution is -2.30. The number of benzene rings is 2. The van der Waals surface area contributed by atoms with Crippen LogP contribution < -0.4 is 15.4 Å². The summed E-state index contributed by atoms with van der Waals surface area (Å²) < 4.78 is 5.02. The average molecular weight is 286 g/mol. The third-order valence-electron chi connectivity index (χ3n) is 3.20. The van der Waals surface area contributed by atoms with E-state index in [0.29, 0.717) is 18.0 Å². The molecule has 0 bridgehead atoms. The molecule has 0 heterocycles. The lowest BCUT2D eigenvalue weighted by Gasteiger charge is -2.21. The number of amides is 1. The van der Waals surface area contributed by atoms with Crippen molar-refractivity contribution >= 4 is 17.3 Å². The molecule has 3 N–H and O–H groups in total. The van der Waals surface area contributed by atoms with Crippen molar-refractivity contribution in [3.05, 3.63) is 48.0 Å². The molecule has 5 heteroatoms. The highest BCUT2D eigenvalue weighted by Crippen LogP contribution is 2.26. The van der Waals surface area contributed by atoms with Crippen LogP contribution in [0.4, 0.5) is 11.4 Å². The predicted octanol–water partition coefficient (Wildman–Crippen LogP) is 2.65. The zero-order valence-electron chi connectivity index (χ0n) is 12.0. The second-order valence-corrected chi connectivity index (χ2v) is 4.52. The SMILES string of the molecule is CCN(C(=O)c1ccc(OC)cc1O)c1ccc(N)cc1. The number of aromatic hydroxyl groups is 1. The first kappa shape index (κ1) is 14.7. The number of nitrogens with zero attached hydrogens (tertiary/aromatic N) is 1. The second-order valence-electron chi connectivity index (χ2n) is 4.52. The van der Waals surface area contributed by atoms with Gasteiger partial charge in [-0.1, -0.05) is 0 Å². The number of phenols is 1. The van der Waals surface area contributed by atoms with Crippen LogP contribution in [0.25, 0.3) is 0 Å². The fraction of sp³-hybridized carbons (Fsp3) is 0.188. The molecule has 0 atom stereocenters. The normalized spacial score (nSPS) is 10.2. The van der Waals surface area contributed by atoms with Gasteiger partial charge in [0.15, 0.2) is 0 Å². The number of hydrogen-bond acceptors (Lipinski definition) is 4. The second kappa shape index (κ2) is 6.17. The van der Waals surface area contributed by atoms with Crippen LogP contribution in [0.1, 0.15) is 17.3 Å². The van der Waals surface area contributed by atoms with Crippen LogP contribution in [0.15, 0.2) is 42.5 Å². The van der Waals surface area contributed by atoms with Gasteiger partial charge in [0.25, 0.3) is 5.91 Å². The summed E-state index contributed by atoms with van der Waals surface area (Å²) in [6, 6.07) is 11.6. The van der Waals surface area contributed by atoms with E-state index in [4.69, 9.17) is 10.5 Å². The van der Waals surface area contributed by atoms with Crippen molar-refractivity contribution < 1.29 is 14.6 Å². The highest BCUT2D eigenvalue weighted by Gasteiger charge is 2.19. The molecular formula is C16H18N2O3. The van der Waals surface area contributed by atoms with Crippen LogP contribution in [0, 0.1) is 0 Å². The van der Waals surface area contributed by atoms with Gasteiger partial charge in [0.2, 0.25) is 0 Å². The number of nitrogens with two attached hydrogens (primary N) is 1. The third-order valence-corrected chi connectivity index (χ3v) is 3.20. The maximum absolute atomic E-state index is 12.6. The van der Waals surface area contributed by atoms with Gasteiger partial charge in [0, 0.05) is 24.0 Å². The van der Waals surface area contributed by atoms with E-state index in [1.54, 1.807) is 41.3 Å². The number of carbonyl (C=O) groups excluding carboxylic acids is 1. The lowest BCUT2D eigenvalue weighted by molar-refractivity contribution is 0.0985. The van der Waals surface area contributed by atoms with Crippen molar-refractivity contribution in [2.24, 2.45) is 0 Å². The molecule has 21 heavy (non-hydrogen) atoms. The molecule has 0 aromatic heterocycles. The molecule has 110 valence electrons. The number of anilines is 2. The Kier molecular flexibility index (Phi) is 4.33. The molecule has 2 aromatic rings. The minimum absolute atomic E-state index is 0.103. The summed E-state index contributed by atoms with van der Waals surface area (Å²) in [5, 5.41) is 9.98.